The number of carboxylic acids is 1. The van der Waals surface area contributed by atoms with Crippen LogP contribution in [0.4, 0.5) is 0 Å². The van der Waals surface area contributed by atoms with Crippen LogP contribution in [-0.2, 0) is 27.8 Å². The molecule has 9 heteroatoms. The van der Waals surface area contributed by atoms with E-state index in [2.05, 4.69) is 9.71 Å². The molecular weight excluding hydrogens is 320 g/mol. The van der Waals surface area contributed by atoms with Crippen LogP contribution in [0.25, 0.3) is 0 Å². The minimum Gasteiger partial charge on any atom is -0.481 e. The van der Waals surface area contributed by atoms with Gasteiger partial charge in [0.2, 0.25) is 10.0 Å². The van der Waals surface area contributed by atoms with Gasteiger partial charge in [0.25, 0.3) is 0 Å². The standard InChI is InChI=1S/C11H12N2O4S3/c1-7-13-8(6-18-7)5-12-20(16,17)11-3-2-9(19-11)4-10(14)15/h2-3,6,12H,4-5H2,1H3,(H,14,15). The first kappa shape index (κ1) is 15.1. The lowest BCUT2D eigenvalue weighted by Crippen LogP contribution is -2.22. The van der Waals surface area contributed by atoms with E-state index in [4.69, 9.17) is 5.11 Å². The van der Waals surface area contributed by atoms with Crippen LogP contribution in [0, 0.1) is 6.92 Å². The van der Waals surface area contributed by atoms with E-state index in [1.54, 1.807) is 5.38 Å². The van der Waals surface area contributed by atoms with Crippen LogP contribution in [0.3, 0.4) is 0 Å². The summed E-state index contributed by atoms with van der Waals surface area (Å²) in [6.07, 6.45) is -0.175. The molecule has 0 aliphatic rings. The summed E-state index contributed by atoms with van der Waals surface area (Å²) in [4.78, 5) is 15.2. The van der Waals surface area contributed by atoms with Crippen LogP contribution in [0.15, 0.2) is 21.7 Å². The van der Waals surface area contributed by atoms with Crippen molar-refractivity contribution >= 4 is 38.7 Å². The molecule has 0 spiro atoms. The van der Waals surface area contributed by atoms with Gasteiger partial charge in [-0.15, -0.1) is 22.7 Å². The predicted octanol–water partition coefficient (Wildman–Crippen LogP) is 1.62. The first-order chi connectivity index (χ1) is 9.37. The Morgan fingerprint density at radius 2 is 2.20 bits per heavy atom. The molecular formula is C11H12N2O4S3. The van der Waals surface area contributed by atoms with Gasteiger partial charge in [0.15, 0.2) is 0 Å². The Morgan fingerprint density at radius 1 is 1.45 bits per heavy atom. The normalized spacial score (nSPS) is 11.7. The fourth-order valence-corrected chi connectivity index (χ4v) is 4.48. The summed E-state index contributed by atoms with van der Waals surface area (Å²) in [6.45, 7) is 1.97. The number of thiazole rings is 1. The molecule has 0 atom stereocenters. The first-order valence-corrected chi connectivity index (χ1v) is 8.76. The molecule has 2 rings (SSSR count). The fourth-order valence-electron chi connectivity index (χ4n) is 1.48. The molecule has 2 aromatic rings. The van der Waals surface area contributed by atoms with E-state index in [1.807, 2.05) is 6.92 Å². The van der Waals surface area contributed by atoms with E-state index in [0.29, 0.717) is 10.6 Å². The number of carboxylic acid groups (broad SMARTS) is 1. The summed E-state index contributed by atoms with van der Waals surface area (Å²) in [5, 5.41) is 11.3. The molecule has 2 heterocycles. The van der Waals surface area contributed by atoms with Crippen molar-refractivity contribution in [3.63, 3.8) is 0 Å². The molecule has 20 heavy (non-hydrogen) atoms. The summed E-state index contributed by atoms with van der Waals surface area (Å²) >= 11 is 2.41. The van der Waals surface area contributed by atoms with E-state index in [9.17, 15) is 13.2 Å². The first-order valence-electron chi connectivity index (χ1n) is 5.58. The van der Waals surface area contributed by atoms with Crippen molar-refractivity contribution in [2.45, 2.75) is 24.1 Å². The average molecular weight is 332 g/mol. The monoisotopic (exact) mass is 332 g/mol. The number of hydrogen-bond donors (Lipinski definition) is 2. The van der Waals surface area contributed by atoms with Gasteiger partial charge < -0.3 is 5.11 Å². The molecule has 0 radical (unpaired) electrons. The number of thiophene rings is 1. The molecule has 2 aromatic heterocycles. The number of rotatable bonds is 6. The molecule has 2 N–H and O–H groups in total. The molecule has 0 saturated carbocycles. The summed E-state index contributed by atoms with van der Waals surface area (Å²) < 4.78 is 26.6. The Morgan fingerprint density at radius 3 is 2.80 bits per heavy atom. The van der Waals surface area contributed by atoms with Gasteiger partial charge >= 0.3 is 5.97 Å². The fraction of sp³-hybridized carbons (Fsp3) is 0.273. The Kier molecular flexibility index (Phi) is 4.53. The van der Waals surface area contributed by atoms with Crippen LogP contribution in [-0.4, -0.2) is 24.5 Å². The smallest absolute Gasteiger partial charge is 0.308 e. The minimum atomic E-state index is -3.62. The molecule has 0 aromatic carbocycles. The summed E-state index contributed by atoms with van der Waals surface area (Å²) in [7, 11) is -3.62. The van der Waals surface area contributed by atoms with Crippen molar-refractivity contribution in [2.24, 2.45) is 0 Å². The highest BCUT2D eigenvalue weighted by Gasteiger charge is 2.17. The second-order valence-electron chi connectivity index (χ2n) is 3.97. The Balaban J connectivity index is 2.06. The third-order valence-electron chi connectivity index (χ3n) is 2.34. The summed E-state index contributed by atoms with van der Waals surface area (Å²) in [5.74, 6) is -0.985. The maximum absolute atomic E-state index is 12.0. The zero-order valence-electron chi connectivity index (χ0n) is 10.5. The van der Waals surface area contributed by atoms with E-state index in [1.165, 1.54) is 23.5 Å². The van der Waals surface area contributed by atoms with Crippen molar-refractivity contribution < 1.29 is 18.3 Å². The van der Waals surface area contributed by atoms with E-state index in [0.717, 1.165) is 16.3 Å². The molecule has 0 aliphatic heterocycles. The summed E-state index contributed by atoms with van der Waals surface area (Å²) in [6, 6.07) is 2.93. The van der Waals surface area contributed by atoms with Crippen molar-refractivity contribution in [2.75, 3.05) is 0 Å². The summed E-state index contributed by atoms with van der Waals surface area (Å²) in [5.41, 5.74) is 0.665. The lowest BCUT2D eigenvalue weighted by molar-refractivity contribution is -0.136. The maximum atomic E-state index is 12.0. The third kappa shape index (κ3) is 3.85. The highest BCUT2D eigenvalue weighted by Crippen LogP contribution is 2.22. The number of nitrogens with one attached hydrogen (secondary N) is 1. The molecule has 108 valence electrons. The number of nitrogens with zero attached hydrogens (tertiary/aromatic N) is 1. The Labute approximate surface area is 124 Å². The van der Waals surface area contributed by atoms with E-state index < -0.39 is 16.0 Å². The van der Waals surface area contributed by atoms with Gasteiger partial charge in [-0.1, -0.05) is 0 Å². The van der Waals surface area contributed by atoms with Gasteiger partial charge in [-0.05, 0) is 19.1 Å². The zero-order valence-corrected chi connectivity index (χ0v) is 12.9. The number of hydrogen-bond acceptors (Lipinski definition) is 6. The Bertz CT molecular complexity index is 718. The van der Waals surface area contributed by atoms with Crippen LogP contribution in [0.5, 0.6) is 0 Å². The highest BCUT2D eigenvalue weighted by molar-refractivity contribution is 7.91. The minimum absolute atomic E-state index is 0.112. The van der Waals surface area contributed by atoms with Crippen LogP contribution in [0.1, 0.15) is 15.6 Å². The maximum Gasteiger partial charge on any atom is 0.308 e. The SMILES string of the molecule is Cc1nc(CNS(=O)(=O)c2ccc(CC(=O)O)s2)cs1. The highest BCUT2D eigenvalue weighted by atomic mass is 32.2. The van der Waals surface area contributed by atoms with Gasteiger partial charge in [0.05, 0.1) is 23.7 Å². The number of sulfonamides is 1. The van der Waals surface area contributed by atoms with Gasteiger partial charge in [0.1, 0.15) is 4.21 Å². The number of aliphatic carboxylic acids is 1. The zero-order chi connectivity index (χ0) is 14.8. The second kappa shape index (κ2) is 6.00. The van der Waals surface area contributed by atoms with Crippen molar-refractivity contribution in [3.05, 3.63) is 33.1 Å². The Hall–Kier alpha value is -1.29. The quantitative estimate of drug-likeness (QED) is 0.838. The average Bonchev–Trinajstić information content (AvgIpc) is 2.95. The number of carbonyl (C=O) groups is 1. The largest absolute Gasteiger partial charge is 0.481 e. The van der Waals surface area contributed by atoms with Crippen LogP contribution < -0.4 is 4.72 Å². The third-order valence-corrected chi connectivity index (χ3v) is 6.14. The molecule has 0 fully saturated rings. The molecule has 0 unspecified atom stereocenters. The lowest BCUT2D eigenvalue weighted by atomic mass is 10.3. The number of aryl methyl sites for hydroxylation is 1. The van der Waals surface area contributed by atoms with Crippen molar-refractivity contribution in [3.8, 4) is 0 Å². The van der Waals surface area contributed by atoms with Crippen molar-refractivity contribution in [1.82, 2.24) is 9.71 Å². The van der Waals surface area contributed by atoms with Crippen LogP contribution in [0.2, 0.25) is 0 Å². The van der Waals surface area contributed by atoms with E-state index >= 15 is 0 Å². The van der Waals surface area contributed by atoms with Gasteiger partial charge in [0, 0.05) is 10.3 Å². The van der Waals surface area contributed by atoms with Crippen LogP contribution >= 0.6 is 22.7 Å². The predicted molar refractivity (Wildman–Crippen MR) is 76.5 cm³/mol. The van der Waals surface area contributed by atoms with Gasteiger partial charge in [-0.2, -0.15) is 0 Å². The number of aromatic nitrogens is 1. The van der Waals surface area contributed by atoms with E-state index in [-0.39, 0.29) is 17.2 Å². The van der Waals surface area contributed by atoms with Gasteiger partial charge in [-0.3, -0.25) is 4.79 Å². The van der Waals surface area contributed by atoms with Crippen molar-refractivity contribution in [1.29, 1.82) is 0 Å². The molecule has 0 saturated heterocycles. The molecule has 0 bridgehead atoms. The molecule has 0 aliphatic carbocycles. The molecule has 6 nitrogen and oxygen atoms in total. The molecule has 0 amide bonds. The topological polar surface area (TPSA) is 96.4 Å². The van der Waals surface area contributed by atoms with Gasteiger partial charge in [-0.25, -0.2) is 18.1 Å². The second-order valence-corrected chi connectivity index (χ2v) is 8.20. The lowest BCUT2D eigenvalue weighted by Gasteiger charge is -2.02.